The molecule has 5 heteroatoms. The van der Waals surface area contributed by atoms with Crippen molar-refractivity contribution in [3.8, 4) is 0 Å². The van der Waals surface area contributed by atoms with Gasteiger partial charge in [-0.05, 0) is 43.4 Å². The van der Waals surface area contributed by atoms with Gasteiger partial charge in [0.05, 0.1) is 0 Å². The van der Waals surface area contributed by atoms with E-state index in [0.29, 0.717) is 18.4 Å². The summed E-state index contributed by atoms with van der Waals surface area (Å²) in [5.74, 6) is 0.655. The first-order valence-corrected chi connectivity index (χ1v) is 9.86. The fourth-order valence-corrected chi connectivity index (χ4v) is 3.19. The summed E-state index contributed by atoms with van der Waals surface area (Å²) in [5, 5.41) is 4.23. The van der Waals surface area contributed by atoms with E-state index in [4.69, 9.17) is 11.6 Å². The molecule has 1 aromatic rings. The van der Waals surface area contributed by atoms with E-state index in [2.05, 4.69) is 19.2 Å². The van der Waals surface area contributed by atoms with Gasteiger partial charge in [0.25, 0.3) is 0 Å². The van der Waals surface area contributed by atoms with Crippen LogP contribution >= 0.6 is 11.6 Å². The van der Waals surface area contributed by atoms with Crippen molar-refractivity contribution in [2.75, 3.05) is 18.6 Å². The summed E-state index contributed by atoms with van der Waals surface area (Å²) < 4.78 is 22.5. The molecule has 0 aromatic heterocycles. The monoisotopic (exact) mass is 331 g/mol. The summed E-state index contributed by atoms with van der Waals surface area (Å²) in [7, 11) is -2.88. The fraction of sp³-hybridized carbons (Fsp3) is 0.625. The first-order valence-electron chi connectivity index (χ1n) is 7.42. The molecule has 0 radical (unpaired) electrons. The molecular formula is C16H26ClNO2S. The molecule has 1 rings (SSSR count). The molecule has 0 fully saturated rings. The van der Waals surface area contributed by atoms with Gasteiger partial charge >= 0.3 is 0 Å². The molecule has 1 N–H and O–H groups in total. The van der Waals surface area contributed by atoms with Crippen LogP contribution in [0.5, 0.6) is 0 Å². The van der Waals surface area contributed by atoms with Crippen LogP contribution in [-0.2, 0) is 16.3 Å². The molecule has 21 heavy (non-hydrogen) atoms. The summed E-state index contributed by atoms with van der Waals surface area (Å²) >= 11 is 6.22. The lowest BCUT2D eigenvalue weighted by atomic mass is 9.94. The number of halogens is 1. The van der Waals surface area contributed by atoms with Gasteiger partial charge in [0.15, 0.2) is 0 Å². The van der Waals surface area contributed by atoms with E-state index in [-0.39, 0.29) is 5.75 Å². The predicted octanol–water partition coefficient (Wildman–Crippen LogP) is 3.32. The highest BCUT2D eigenvalue weighted by Crippen LogP contribution is 2.21. The average Bonchev–Trinajstić information content (AvgIpc) is 2.36. The summed E-state index contributed by atoms with van der Waals surface area (Å²) in [5.41, 5.74) is 1.13. The normalized spacial score (nSPS) is 13.6. The molecule has 0 heterocycles. The van der Waals surface area contributed by atoms with Crippen LogP contribution in [0.2, 0.25) is 5.02 Å². The summed E-state index contributed by atoms with van der Waals surface area (Å²) in [6.45, 7) is 5.11. The highest BCUT2D eigenvalue weighted by molar-refractivity contribution is 7.90. The second-order valence-electron chi connectivity index (χ2n) is 6.00. The molecule has 3 nitrogen and oxygen atoms in total. The smallest absolute Gasteiger partial charge is 0.147 e. The number of sulfone groups is 1. The minimum Gasteiger partial charge on any atom is -0.314 e. The minimum atomic E-state index is -2.88. The molecule has 1 atom stereocenters. The SMILES string of the molecule is CC(C)NCC(CCCS(C)(=O)=O)Cc1ccccc1Cl. The van der Waals surface area contributed by atoms with E-state index in [1.807, 2.05) is 24.3 Å². The van der Waals surface area contributed by atoms with Gasteiger partial charge in [-0.3, -0.25) is 0 Å². The topological polar surface area (TPSA) is 46.2 Å². The molecular weight excluding hydrogens is 306 g/mol. The van der Waals surface area contributed by atoms with Crippen LogP contribution in [-0.4, -0.2) is 33.0 Å². The highest BCUT2D eigenvalue weighted by Gasteiger charge is 2.13. The first-order chi connectivity index (χ1) is 9.78. The Balaban J connectivity index is 2.61. The molecule has 0 aliphatic heterocycles. The van der Waals surface area contributed by atoms with Gasteiger partial charge in [-0.25, -0.2) is 8.42 Å². The maximum Gasteiger partial charge on any atom is 0.147 e. The van der Waals surface area contributed by atoms with E-state index in [1.54, 1.807) is 0 Å². The van der Waals surface area contributed by atoms with Crippen molar-refractivity contribution < 1.29 is 8.42 Å². The molecule has 1 unspecified atom stereocenters. The van der Waals surface area contributed by atoms with Crippen LogP contribution in [0.1, 0.15) is 32.3 Å². The lowest BCUT2D eigenvalue weighted by Gasteiger charge is -2.20. The van der Waals surface area contributed by atoms with Crippen LogP contribution < -0.4 is 5.32 Å². The molecule has 0 aliphatic carbocycles. The fourth-order valence-electron chi connectivity index (χ4n) is 2.29. The van der Waals surface area contributed by atoms with E-state index in [9.17, 15) is 8.42 Å². The van der Waals surface area contributed by atoms with Crippen LogP contribution in [0.4, 0.5) is 0 Å². The van der Waals surface area contributed by atoms with E-state index < -0.39 is 9.84 Å². The Morgan fingerprint density at radius 3 is 2.48 bits per heavy atom. The van der Waals surface area contributed by atoms with Gasteiger partial charge in [0.2, 0.25) is 0 Å². The Labute approximate surface area is 134 Å². The minimum absolute atomic E-state index is 0.258. The van der Waals surface area contributed by atoms with Crippen LogP contribution in [0.25, 0.3) is 0 Å². The van der Waals surface area contributed by atoms with E-state index >= 15 is 0 Å². The molecule has 0 saturated carbocycles. The van der Waals surface area contributed by atoms with Gasteiger partial charge in [-0.2, -0.15) is 0 Å². The number of nitrogens with one attached hydrogen (secondary N) is 1. The Bertz CT molecular complexity index is 529. The summed E-state index contributed by atoms with van der Waals surface area (Å²) in [6, 6.07) is 8.29. The zero-order valence-electron chi connectivity index (χ0n) is 13.1. The van der Waals surface area contributed by atoms with Crippen molar-refractivity contribution in [1.82, 2.24) is 5.32 Å². The third-order valence-corrected chi connectivity index (χ3v) is 4.81. The average molecular weight is 332 g/mol. The lowest BCUT2D eigenvalue weighted by molar-refractivity contribution is 0.418. The zero-order chi connectivity index (χ0) is 15.9. The van der Waals surface area contributed by atoms with E-state index in [1.165, 1.54) is 6.26 Å². The van der Waals surface area contributed by atoms with Crippen molar-refractivity contribution in [1.29, 1.82) is 0 Å². The van der Waals surface area contributed by atoms with Gasteiger partial charge in [0, 0.05) is 23.1 Å². The second-order valence-corrected chi connectivity index (χ2v) is 8.66. The third kappa shape index (κ3) is 8.44. The van der Waals surface area contributed by atoms with Gasteiger partial charge in [-0.15, -0.1) is 0 Å². The van der Waals surface area contributed by atoms with Crippen molar-refractivity contribution in [3.05, 3.63) is 34.9 Å². The Morgan fingerprint density at radius 1 is 1.24 bits per heavy atom. The maximum atomic E-state index is 11.3. The van der Waals surface area contributed by atoms with Crippen molar-refractivity contribution in [2.45, 2.75) is 39.2 Å². The zero-order valence-corrected chi connectivity index (χ0v) is 14.7. The van der Waals surface area contributed by atoms with Crippen LogP contribution in [0.15, 0.2) is 24.3 Å². The van der Waals surface area contributed by atoms with Crippen molar-refractivity contribution in [2.24, 2.45) is 5.92 Å². The number of benzene rings is 1. The molecule has 0 spiro atoms. The van der Waals surface area contributed by atoms with Crippen LogP contribution in [0.3, 0.4) is 0 Å². The van der Waals surface area contributed by atoms with Gasteiger partial charge in [-0.1, -0.05) is 43.6 Å². The Morgan fingerprint density at radius 2 is 1.90 bits per heavy atom. The summed E-state index contributed by atoms with van der Waals surface area (Å²) in [4.78, 5) is 0. The quantitative estimate of drug-likeness (QED) is 0.755. The van der Waals surface area contributed by atoms with E-state index in [0.717, 1.165) is 30.0 Å². The predicted molar refractivity (Wildman–Crippen MR) is 90.7 cm³/mol. The second kappa shape index (κ2) is 8.76. The number of rotatable bonds is 9. The summed E-state index contributed by atoms with van der Waals surface area (Å²) in [6.07, 6.45) is 3.76. The molecule has 0 amide bonds. The lowest BCUT2D eigenvalue weighted by Crippen LogP contribution is -2.30. The highest BCUT2D eigenvalue weighted by atomic mass is 35.5. The van der Waals surface area contributed by atoms with Gasteiger partial charge < -0.3 is 5.32 Å². The standard InChI is InChI=1S/C16H26ClNO2S/c1-13(2)18-12-14(7-6-10-21(3,19)20)11-15-8-4-5-9-16(15)17/h4-5,8-9,13-14,18H,6-7,10-12H2,1-3H3. The molecule has 1 aromatic carbocycles. The molecule has 0 saturated heterocycles. The van der Waals surface area contributed by atoms with Crippen molar-refractivity contribution >= 4 is 21.4 Å². The largest absolute Gasteiger partial charge is 0.314 e. The molecule has 0 aliphatic rings. The number of hydrogen-bond acceptors (Lipinski definition) is 3. The van der Waals surface area contributed by atoms with Crippen molar-refractivity contribution in [3.63, 3.8) is 0 Å². The number of hydrogen-bond donors (Lipinski definition) is 1. The maximum absolute atomic E-state index is 11.3. The third-order valence-electron chi connectivity index (χ3n) is 3.41. The first kappa shape index (κ1) is 18.5. The molecule has 120 valence electrons. The Kier molecular flexibility index (Phi) is 7.71. The Hall–Kier alpha value is -0.580. The van der Waals surface area contributed by atoms with Gasteiger partial charge in [0.1, 0.15) is 9.84 Å². The molecule has 0 bridgehead atoms. The van der Waals surface area contributed by atoms with Crippen LogP contribution in [0, 0.1) is 5.92 Å².